The van der Waals surface area contributed by atoms with Crippen molar-refractivity contribution in [1.29, 1.82) is 0 Å². The fraction of sp³-hybridized carbons (Fsp3) is 0.158. The first kappa shape index (κ1) is 17.7. The molecule has 3 aromatic rings. The highest BCUT2D eigenvalue weighted by atomic mass is 32.2. The lowest BCUT2D eigenvalue weighted by atomic mass is 10.3. The van der Waals surface area contributed by atoms with E-state index in [2.05, 4.69) is 10.3 Å². The Kier molecular flexibility index (Phi) is 5.17. The molecule has 0 radical (unpaired) electrons. The maximum atomic E-state index is 12.5. The Bertz CT molecular complexity index is 949. The summed E-state index contributed by atoms with van der Waals surface area (Å²) in [4.78, 5) is 18.9. The number of thioether (sulfide) groups is 1. The fourth-order valence-corrected chi connectivity index (χ4v) is 4.32. The molecule has 1 amide bonds. The van der Waals surface area contributed by atoms with E-state index in [0.717, 1.165) is 33.0 Å². The van der Waals surface area contributed by atoms with Gasteiger partial charge in [-0.1, -0.05) is 0 Å². The lowest BCUT2D eigenvalue weighted by Gasteiger charge is -2.14. The summed E-state index contributed by atoms with van der Waals surface area (Å²) in [5.41, 5.74) is 1.76. The number of thiazole rings is 1. The van der Waals surface area contributed by atoms with Gasteiger partial charge in [-0.25, -0.2) is 4.98 Å². The second kappa shape index (κ2) is 7.89. The number of carbonyl (C=O) groups is 1. The number of furan rings is 1. The van der Waals surface area contributed by atoms with Crippen molar-refractivity contribution in [1.82, 2.24) is 9.88 Å². The van der Waals surface area contributed by atoms with Crippen molar-refractivity contribution in [3.05, 3.63) is 64.5 Å². The van der Waals surface area contributed by atoms with Crippen LogP contribution in [0, 0.1) is 0 Å². The minimum atomic E-state index is -0.122. The molecule has 0 saturated carbocycles. The van der Waals surface area contributed by atoms with Crippen molar-refractivity contribution in [3.63, 3.8) is 0 Å². The number of carbonyl (C=O) groups excluding carboxylic acids is 1. The van der Waals surface area contributed by atoms with E-state index in [-0.39, 0.29) is 5.91 Å². The van der Waals surface area contributed by atoms with E-state index in [1.54, 1.807) is 35.9 Å². The van der Waals surface area contributed by atoms with Gasteiger partial charge in [0.05, 0.1) is 24.1 Å². The van der Waals surface area contributed by atoms with Crippen molar-refractivity contribution < 1.29 is 13.9 Å². The van der Waals surface area contributed by atoms with Gasteiger partial charge in [0.25, 0.3) is 5.91 Å². The maximum absolute atomic E-state index is 12.5. The smallest absolute Gasteiger partial charge is 0.294 e. The van der Waals surface area contributed by atoms with Crippen molar-refractivity contribution in [2.24, 2.45) is 0 Å². The number of aromatic nitrogens is 1. The van der Waals surface area contributed by atoms with Gasteiger partial charge in [-0.05, 0) is 42.5 Å². The number of hydrogen-bond donors (Lipinski definition) is 1. The van der Waals surface area contributed by atoms with Crippen LogP contribution in [-0.2, 0) is 0 Å². The molecule has 8 heteroatoms. The highest BCUT2D eigenvalue weighted by Gasteiger charge is 2.27. The number of nitrogens with zero attached hydrogens (tertiary/aromatic N) is 2. The molecule has 1 fully saturated rings. The van der Waals surface area contributed by atoms with E-state index in [0.29, 0.717) is 12.3 Å². The van der Waals surface area contributed by atoms with Gasteiger partial charge >= 0.3 is 0 Å². The van der Waals surface area contributed by atoms with Crippen molar-refractivity contribution in [2.75, 3.05) is 24.7 Å². The highest BCUT2D eigenvalue weighted by molar-refractivity contribution is 8.03. The van der Waals surface area contributed by atoms with Gasteiger partial charge < -0.3 is 14.5 Å². The zero-order valence-corrected chi connectivity index (χ0v) is 16.2. The molecule has 0 bridgehead atoms. The van der Waals surface area contributed by atoms with Crippen LogP contribution < -0.4 is 10.1 Å². The summed E-state index contributed by atoms with van der Waals surface area (Å²) in [6.07, 6.45) is 3.45. The Hall–Kier alpha value is -2.71. The van der Waals surface area contributed by atoms with E-state index in [4.69, 9.17) is 9.15 Å². The summed E-state index contributed by atoms with van der Waals surface area (Å²) < 4.78 is 10.4. The van der Waals surface area contributed by atoms with Gasteiger partial charge in [0.15, 0.2) is 10.9 Å². The van der Waals surface area contributed by atoms with Gasteiger partial charge in [-0.2, -0.15) is 0 Å². The van der Waals surface area contributed by atoms with Gasteiger partial charge in [0.2, 0.25) is 0 Å². The lowest BCUT2D eigenvalue weighted by Crippen LogP contribution is -2.26. The molecule has 27 heavy (non-hydrogen) atoms. The molecule has 1 saturated heterocycles. The number of ether oxygens (including phenoxy) is 1. The van der Waals surface area contributed by atoms with Gasteiger partial charge in [-0.3, -0.25) is 9.69 Å². The average molecular weight is 399 g/mol. The quantitative estimate of drug-likeness (QED) is 0.672. The van der Waals surface area contributed by atoms with Crippen LogP contribution in [0.4, 0.5) is 10.8 Å². The number of methoxy groups -OCH3 is 1. The average Bonchev–Trinajstić information content (AvgIpc) is 3.44. The summed E-state index contributed by atoms with van der Waals surface area (Å²) in [6, 6.07) is 11.1. The molecule has 1 aliphatic heterocycles. The first-order valence-corrected chi connectivity index (χ1v) is 10.2. The summed E-state index contributed by atoms with van der Waals surface area (Å²) in [6.45, 7) is 0.664. The normalized spacial score (nSPS) is 15.3. The largest absolute Gasteiger partial charge is 0.497 e. The number of rotatable bonds is 5. The topological polar surface area (TPSA) is 67.6 Å². The first-order chi connectivity index (χ1) is 13.2. The summed E-state index contributed by atoms with van der Waals surface area (Å²) >= 11 is 3.16. The second-order valence-electron chi connectivity index (χ2n) is 5.70. The van der Waals surface area contributed by atoms with Crippen LogP contribution in [0.5, 0.6) is 5.75 Å². The number of hydrogen-bond acceptors (Lipinski definition) is 7. The van der Waals surface area contributed by atoms with E-state index in [1.807, 2.05) is 35.7 Å². The molecule has 0 aliphatic carbocycles. The molecule has 138 valence electrons. The Balaban J connectivity index is 1.48. The third kappa shape index (κ3) is 4.01. The van der Waals surface area contributed by atoms with E-state index < -0.39 is 0 Å². The first-order valence-electron chi connectivity index (χ1n) is 8.29. The monoisotopic (exact) mass is 399 g/mol. The van der Waals surface area contributed by atoms with Crippen molar-refractivity contribution in [3.8, 4) is 5.75 Å². The van der Waals surface area contributed by atoms with E-state index >= 15 is 0 Å². The molecule has 4 rings (SSSR count). The Morgan fingerprint density at radius 1 is 1.33 bits per heavy atom. The lowest BCUT2D eigenvalue weighted by molar-refractivity contribution is 0.0800. The number of amides is 1. The van der Waals surface area contributed by atoms with Crippen LogP contribution >= 0.6 is 23.1 Å². The molecular formula is C19H17N3O3S2. The van der Waals surface area contributed by atoms with Crippen LogP contribution in [0.3, 0.4) is 0 Å². The molecule has 0 spiro atoms. The molecule has 0 unspecified atom stereocenters. The van der Waals surface area contributed by atoms with E-state index in [1.165, 1.54) is 17.6 Å². The zero-order valence-electron chi connectivity index (χ0n) is 14.5. The van der Waals surface area contributed by atoms with Crippen LogP contribution in [0.25, 0.3) is 6.08 Å². The third-order valence-corrected chi connectivity index (χ3v) is 5.74. The molecule has 3 heterocycles. The SMILES string of the molecule is COc1ccc(Nc2nc(/C=C3/SCCN3C(=O)c3ccco3)cs2)cc1. The Labute approximate surface area is 164 Å². The number of anilines is 2. The second-order valence-corrected chi connectivity index (χ2v) is 7.67. The third-order valence-electron chi connectivity index (χ3n) is 3.94. The minimum Gasteiger partial charge on any atom is -0.497 e. The molecule has 1 N–H and O–H groups in total. The summed E-state index contributed by atoms with van der Waals surface area (Å²) in [5.74, 6) is 1.90. The molecule has 2 aromatic heterocycles. The molecule has 1 aromatic carbocycles. The van der Waals surface area contributed by atoms with Crippen molar-refractivity contribution >= 4 is 45.9 Å². The predicted octanol–water partition coefficient (Wildman–Crippen LogP) is 4.68. The predicted molar refractivity (Wildman–Crippen MR) is 109 cm³/mol. The Morgan fingerprint density at radius 2 is 2.19 bits per heavy atom. The van der Waals surface area contributed by atoms with Crippen LogP contribution in [0.15, 0.2) is 57.5 Å². The zero-order chi connectivity index (χ0) is 18.6. The number of benzene rings is 1. The molecule has 6 nitrogen and oxygen atoms in total. The summed E-state index contributed by atoms with van der Waals surface area (Å²) in [5, 5.41) is 6.92. The van der Waals surface area contributed by atoms with Gasteiger partial charge in [0, 0.05) is 23.4 Å². The fourth-order valence-electron chi connectivity index (χ4n) is 2.62. The maximum Gasteiger partial charge on any atom is 0.294 e. The van der Waals surface area contributed by atoms with Crippen LogP contribution in [-0.4, -0.2) is 35.2 Å². The molecular weight excluding hydrogens is 382 g/mol. The molecule has 1 aliphatic rings. The molecule has 0 atom stereocenters. The summed E-state index contributed by atoms with van der Waals surface area (Å²) in [7, 11) is 1.64. The standard InChI is InChI=1S/C19H17N3O3S2/c1-24-15-6-4-13(5-7-15)20-19-21-14(12-27-19)11-17-22(8-10-26-17)18(23)16-3-2-9-25-16/h2-7,9,11-12H,8,10H2,1H3,(H,20,21)/b17-11+. The van der Waals surface area contributed by atoms with Crippen molar-refractivity contribution in [2.45, 2.75) is 0 Å². The number of nitrogens with one attached hydrogen (secondary N) is 1. The van der Waals surface area contributed by atoms with Crippen LogP contribution in [0.2, 0.25) is 0 Å². The van der Waals surface area contributed by atoms with E-state index in [9.17, 15) is 4.79 Å². The minimum absolute atomic E-state index is 0.122. The van der Waals surface area contributed by atoms with Gasteiger partial charge in [0.1, 0.15) is 5.75 Å². The van der Waals surface area contributed by atoms with Gasteiger partial charge in [-0.15, -0.1) is 23.1 Å². The van der Waals surface area contributed by atoms with Crippen LogP contribution in [0.1, 0.15) is 16.2 Å². The highest BCUT2D eigenvalue weighted by Crippen LogP contribution is 2.32. The Morgan fingerprint density at radius 3 is 2.93 bits per heavy atom.